The van der Waals surface area contributed by atoms with Gasteiger partial charge in [-0.15, -0.1) is 0 Å². The van der Waals surface area contributed by atoms with E-state index < -0.39 is 29.1 Å². The molecule has 3 rings (SSSR count). The lowest BCUT2D eigenvalue weighted by Gasteiger charge is -2.35. The molecule has 1 aliphatic heterocycles. The average Bonchev–Trinajstić information content (AvgIpc) is 2.76. The molecule has 1 atom stereocenters. The number of hydrogen-bond donors (Lipinski definition) is 0. The van der Waals surface area contributed by atoms with Gasteiger partial charge in [0.05, 0.1) is 11.6 Å². The normalized spacial score (nSPS) is 17.9. The summed E-state index contributed by atoms with van der Waals surface area (Å²) >= 11 is 0. The van der Waals surface area contributed by atoms with Crippen molar-refractivity contribution in [2.45, 2.75) is 39.7 Å². The van der Waals surface area contributed by atoms with Crippen molar-refractivity contribution in [2.24, 2.45) is 5.92 Å². The van der Waals surface area contributed by atoms with Crippen molar-refractivity contribution in [1.82, 2.24) is 9.80 Å². The summed E-state index contributed by atoms with van der Waals surface area (Å²) in [5.41, 5.74) is -0.0774. The molecule has 0 saturated carbocycles. The third-order valence-electron chi connectivity index (χ3n) is 5.88. The van der Waals surface area contributed by atoms with Crippen LogP contribution in [0.25, 0.3) is 0 Å². The topological polar surface area (TPSA) is 49.9 Å². The number of benzene rings is 2. The number of rotatable bonds is 3. The molecule has 1 heterocycles. The number of nitrogens with zero attached hydrogens (tertiary/aromatic N) is 2. The van der Waals surface area contributed by atoms with Crippen LogP contribution in [-0.2, 0) is 0 Å². The van der Waals surface area contributed by atoms with E-state index in [9.17, 15) is 18.4 Å². The second kappa shape index (κ2) is 10.6. The van der Waals surface area contributed by atoms with Crippen LogP contribution in [-0.4, -0.2) is 53.9 Å². The maximum atomic E-state index is 14.4. The molecule has 0 aromatic heterocycles. The highest BCUT2D eigenvalue weighted by Crippen LogP contribution is 2.25. The first-order valence-electron chi connectivity index (χ1n) is 11.1. The summed E-state index contributed by atoms with van der Waals surface area (Å²) in [6.45, 7) is 7.28. The predicted molar refractivity (Wildman–Crippen MR) is 119 cm³/mol. The summed E-state index contributed by atoms with van der Waals surface area (Å²) in [4.78, 5) is 29.6. The van der Waals surface area contributed by atoms with Crippen LogP contribution < -0.4 is 4.74 Å². The van der Waals surface area contributed by atoms with Gasteiger partial charge < -0.3 is 14.5 Å². The van der Waals surface area contributed by atoms with E-state index in [1.54, 1.807) is 29.2 Å². The zero-order valence-corrected chi connectivity index (χ0v) is 18.8. The van der Waals surface area contributed by atoms with Crippen LogP contribution in [0, 0.1) is 17.6 Å². The molecule has 0 radical (unpaired) electrons. The zero-order valence-electron chi connectivity index (χ0n) is 18.8. The Morgan fingerprint density at radius 3 is 2.38 bits per heavy atom. The van der Waals surface area contributed by atoms with Crippen LogP contribution in [0.4, 0.5) is 8.78 Å². The van der Waals surface area contributed by atoms with E-state index in [2.05, 4.69) is 0 Å². The van der Waals surface area contributed by atoms with Crippen LogP contribution >= 0.6 is 0 Å². The molecule has 172 valence electrons. The molecule has 0 aliphatic carbocycles. The maximum Gasteiger partial charge on any atom is 0.260 e. The third kappa shape index (κ3) is 5.09. The molecule has 7 heteroatoms. The fourth-order valence-corrected chi connectivity index (χ4v) is 4.01. The van der Waals surface area contributed by atoms with Gasteiger partial charge in [0.2, 0.25) is 0 Å². The Kier molecular flexibility index (Phi) is 7.83. The van der Waals surface area contributed by atoms with Crippen LogP contribution in [0.1, 0.15) is 54.3 Å². The number of halogens is 2. The first-order chi connectivity index (χ1) is 15.3. The molecule has 0 bridgehead atoms. The number of fused-ring (bicyclic) bond motifs is 1. The molecule has 2 amide bonds. The Bertz CT molecular complexity index is 944. The van der Waals surface area contributed by atoms with Gasteiger partial charge in [0, 0.05) is 19.6 Å². The molecule has 1 aliphatic rings. The molecule has 32 heavy (non-hydrogen) atoms. The van der Waals surface area contributed by atoms with Crippen molar-refractivity contribution in [1.29, 1.82) is 0 Å². The van der Waals surface area contributed by atoms with Gasteiger partial charge >= 0.3 is 0 Å². The molecular weight excluding hydrogens is 414 g/mol. The van der Waals surface area contributed by atoms with Crippen LogP contribution in [0.5, 0.6) is 5.75 Å². The van der Waals surface area contributed by atoms with E-state index in [-0.39, 0.29) is 18.4 Å². The summed E-state index contributed by atoms with van der Waals surface area (Å²) in [5, 5.41) is 0. The Labute approximate surface area is 188 Å². The second-order valence-electron chi connectivity index (χ2n) is 8.31. The Hall–Kier alpha value is -2.96. The minimum atomic E-state index is -0.877. The van der Waals surface area contributed by atoms with Crippen LogP contribution in [0.2, 0.25) is 0 Å². The molecule has 2 aromatic rings. The van der Waals surface area contributed by atoms with E-state index >= 15 is 0 Å². The largest absolute Gasteiger partial charge is 0.491 e. The fraction of sp³-hybridized carbons (Fsp3) is 0.440. The lowest BCUT2D eigenvalue weighted by molar-refractivity contribution is 0.0503. The predicted octanol–water partition coefficient (Wildman–Crippen LogP) is 4.77. The molecule has 2 aromatic carbocycles. The van der Waals surface area contributed by atoms with Crippen molar-refractivity contribution in [3.05, 3.63) is 65.2 Å². The van der Waals surface area contributed by atoms with Crippen LogP contribution in [0.15, 0.2) is 42.5 Å². The highest BCUT2D eigenvalue weighted by atomic mass is 19.1. The van der Waals surface area contributed by atoms with Gasteiger partial charge in [-0.1, -0.05) is 32.0 Å². The first kappa shape index (κ1) is 23.7. The quantitative estimate of drug-likeness (QED) is 0.686. The Morgan fingerprint density at radius 1 is 1.06 bits per heavy atom. The molecular formula is C25H30F2N2O3. The zero-order chi connectivity index (χ0) is 23.3. The molecule has 0 unspecified atom stereocenters. The SMILES string of the molecule is CCN1CCCCN(C(=O)c2c(F)cccc2F)[C@@H](C(C)C)COc2ccccc2C1=O. The maximum absolute atomic E-state index is 14.4. The van der Waals surface area contributed by atoms with Crippen LogP contribution in [0.3, 0.4) is 0 Å². The Balaban J connectivity index is 1.99. The summed E-state index contributed by atoms with van der Waals surface area (Å²) in [6.07, 6.45) is 1.26. The number of amides is 2. The standard InChI is InChI=1S/C25H30F2N2O3/c1-4-28-14-7-8-15-29(25(31)23-19(26)11-9-12-20(23)27)21(17(2)3)16-32-22-13-6-5-10-18(22)24(28)30/h5-6,9-13,17,21H,4,7-8,14-16H2,1-3H3/t21-/m1/s1. The molecule has 0 spiro atoms. The molecule has 5 nitrogen and oxygen atoms in total. The summed E-state index contributed by atoms with van der Waals surface area (Å²) in [6, 6.07) is 10.0. The van der Waals surface area contributed by atoms with Crippen molar-refractivity contribution in [2.75, 3.05) is 26.2 Å². The number of hydrogen-bond acceptors (Lipinski definition) is 3. The molecule has 0 N–H and O–H groups in total. The van der Waals surface area contributed by atoms with E-state index in [1.165, 1.54) is 11.0 Å². The van der Waals surface area contributed by atoms with Gasteiger partial charge in [-0.05, 0) is 49.9 Å². The molecule has 0 fully saturated rings. The minimum Gasteiger partial charge on any atom is -0.491 e. The number of ether oxygens (including phenoxy) is 1. The van der Waals surface area contributed by atoms with Gasteiger partial charge in [0.15, 0.2) is 0 Å². The average molecular weight is 445 g/mol. The van der Waals surface area contributed by atoms with Crippen molar-refractivity contribution in [3.8, 4) is 5.75 Å². The first-order valence-corrected chi connectivity index (χ1v) is 11.1. The van der Waals surface area contributed by atoms with E-state index in [1.807, 2.05) is 20.8 Å². The summed E-state index contributed by atoms with van der Waals surface area (Å²) < 4.78 is 34.9. The van der Waals surface area contributed by atoms with Crippen molar-refractivity contribution >= 4 is 11.8 Å². The molecule has 0 saturated heterocycles. The summed E-state index contributed by atoms with van der Waals surface area (Å²) in [7, 11) is 0. The lowest BCUT2D eigenvalue weighted by atomic mass is 10.0. The number of para-hydroxylation sites is 1. The van der Waals surface area contributed by atoms with Crippen molar-refractivity contribution < 1.29 is 23.1 Å². The number of carbonyl (C=O) groups excluding carboxylic acids is 2. The minimum absolute atomic E-state index is 0.0354. The van der Waals surface area contributed by atoms with Crippen molar-refractivity contribution in [3.63, 3.8) is 0 Å². The van der Waals surface area contributed by atoms with Gasteiger partial charge in [0.25, 0.3) is 11.8 Å². The fourth-order valence-electron chi connectivity index (χ4n) is 4.01. The highest BCUT2D eigenvalue weighted by Gasteiger charge is 2.32. The smallest absolute Gasteiger partial charge is 0.260 e. The van der Waals surface area contributed by atoms with Gasteiger partial charge in [0.1, 0.15) is 29.6 Å². The summed E-state index contributed by atoms with van der Waals surface area (Å²) in [5.74, 6) is -2.13. The van der Waals surface area contributed by atoms with Gasteiger partial charge in [-0.25, -0.2) is 8.78 Å². The number of carbonyl (C=O) groups is 2. The Morgan fingerprint density at radius 2 is 1.72 bits per heavy atom. The van der Waals surface area contributed by atoms with E-state index in [0.29, 0.717) is 43.8 Å². The van der Waals surface area contributed by atoms with E-state index in [4.69, 9.17) is 4.74 Å². The second-order valence-corrected chi connectivity index (χ2v) is 8.31. The third-order valence-corrected chi connectivity index (χ3v) is 5.88. The lowest BCUT2D eigenvalue weighted by Crippen LogP contribution is -2.48. The van der Waals surface area contributed by atoms with E-state index in [0.717, 1.165) is 12.1 Å². The monoisotopic (exact) mass is 444 g/mol. The highest BCUT2D eigenvalue weighted by molar-refractivity contribution is 5.97. The van der Waals surface area contributed by atoms with Gasteiger partial charge in [-0.3, -0.25) is 9.59 Å². The van der Waals surface area contributed by atoms with Gasteiger partial charge in [-0.2, -0.15) is 0 Å².